The van der Waals surface area contributed by atoms with Crippen LogP contribution in [-0.4, -0.2) is 24.9 Å². The van der Waals surface area contributed by atoms with Gasteiger partial charge in [-0.3, -0.25) is 0 Å². The summed E-state index contributed by atoms with van der Waals surface area (Å²) < 4.78 is 5.15. The Balaban J connectivity index is 0.000000922. The average molecular weight is 425 g/mol. The quantitative estimate of drug-likeness (QED) is 0.403. The van der Waals surface area contributed by atoms with Crippen LogP contribution < -0.4 is 10.1 Å². The maximum absolute atomic E-state index is 9.40. The minimum Gasteiger partial charge on any atom is -0.497 e. The van der Waals surface area contributed by atoms with Gasteiger partial charge in [0.25, 0.3) is 0 Å². The lowest BCUT2D eigenvalue weighted by molar-refractivity contribution is 0.229. The summed E-state index contributed by atoms with van der Waals surface area (Å²) in [5, 5.41) is 12.9. The van der Waals surface area contributed by atoms with Crippen molar-refractivity contribution >= 4 is 47.4 Å². The molecule has 138 valence electrons. The number of benzene rings is 1. The summed E-state index contributed by atoms with van der Waals surface area (Å²) in [7, 11) is 10.9. The van der Waals surface area contributed by atoms with Gasteiger partial charge in [0.15, 0.2) is 0 Å². The summed E-state index contributed by atoms with van der Waals surface area (Å²) in [6.07, 6.45) is 3.21. The normalized spacial score (nSPS) is 14.3. The zero-order chi connectivity index (χ0) is 18.5. The van der Waals surface area contributed by atoms with E-state index < -0.39 is 0 Å². The van der Waals surface area contributed by atoms with Crippen molar-refractivity contribution in [2.75, 3.05) is 19.0 Å². The zero-order valence-corrected chi connectivity index (χ0v) is 20.3. The van der Waals surface area contributed by atoms with Gasteiger partial charge in [0.2, 0.25) is 0 Å². The summed E-state index contributed by atoms with van der Waals surface area (Å²) in [5.41, 5.74) is 2.30. The molecule has 0 bridgehead atoms. The average Bonchev–Trinajstić information content (AvgIpc) is 2.60. The number of hydrogen-bond donors (Lipinski definition) is 2. The molecule has 3 nitrogen and oxygen atoms in total. The number of nitrogens with one attached hydrogen (secondary N) is 1. The second kappa shape index (κ2) is 14.8. The van der Waals surface area contributed by atoms with Crippen molar-refractivity contribution in [2.24, 2.45) is 5.92 Å². The standard InChI is InChI=1S/C16H25NO2.H7P5/c1-5-6-12(2)16(13(3)11-18)17-14-7-9-15(19-4)10-8-14;1-4-5(2)3/h6-10,13,16-18H,5,11H2,1-4H3;4H,1-3H2/b12-6+;/t13-,16+;/m0./s1. The molecule has 8 heteroatoms. The number of aliphatic hydroxyl groups is 1. The first-order valence-electron chi connectivity index (χ1n) is 7.83. The minimum atomic E-state index is 0.151. The minimum absolute atomic E-state index is 0.151. The van der Waals surface area contributed by atoms with Crippen molar-refractivity contribution in [2.45, 2.75) is 33.2 Å². The maximum atomic E-state index is 9.40. The first-order valence-corrected chi connectivity index (χ1v) is 16.1. The van der Waals surface area contributed by atoms with Crippen molar-refractivity contribution in [1.82, 2.24) is 0 Å². The van der Waals surface area contributed by atoms with Crippen LogP contribution in [0.4, 0.5) is 5.69 Å². The molecule has 6 atom stereocenters. The number of aliphatic hydroxyl groups excluding tert-OH is 1. The molecule has 1 rings (SSSR count). The molecule has 0 fully saturated rings. The van der Waals surface area contributed by atoms with E-state index in [4.69, 9.17) is 4.74 Å². The number of anilines is 1. The molecule has 0 heterocycles. The maximum Gasteiger partial charge on any atom is 0.119 e. The van der Waals surface area contributed by atoms with Crippen LogP contribution in [0.1, 0.15) is 27.2 Å². The topological polar surface area (TPSA) is 41.5 Å². The second-order valence-corrected chi connectivity index (χ2v) is 19.3. The predicted octanol–water partition coefficient (Wildman–Crippen LogP) is 5.89. The third kappa shape index (κ3) is 10.6. The summed E-state index contributed by atoms with van der Waals surface area (Å²) in [6.45, 7) is 6.68. The molecule has 0 radical (unpaired) electrons. The van der Waals surface area contributed by atoms with E-state index in [0.29, 0.717) is 0 Å². The molecule has 0 saturated heterocycles. The summed E-state index contributed by atoms with van der Waals surface area (Å²) in [4.78, 5) is 0. The van der Waals surface area contributed by atoms with Crippen molar-refractivity contribution in [3.05, 3.63) is 35.9 Å². The van der Waals surface area contributed by atoms with Crippen LogP contribution in [0, 0.1) is 5.92 Å². The fourth-order valence-corrected chi connectivity index (χ4v) is 2.13. The van der Waals surface area contributed by atoms with Crippen LogP contribution in [0.25, 0.3) is 0 Å². The number of allylic oxidation sites excluding steroid dienone is 1. The Morgan fingerprint density at radius 1 is 1.38 bits per heavy atom. The van der Waals surface area contributed by atoms with Crippen LogP contribution in [0.2, 0.25) is 0 Å². The molecule has 0 spiro atoms. The monoisotopic (exact) mass is 425 g/mol. The molecule has 0 aliphatic carbocycles. The van der Waals surface area contributed by atoms with Crippen LogP contribution >= 0.6 is 41.7 Å². The van der Waals surface area contributed by atoms with Gasteiger partial charge >= 0.3 is 0 Å². The van der Waals surface area contributed by atoms with E-state index in [2.05, 4.69) is 52.0 Å². The fraction of sp³-hybridized carbons (Fsp3) is 0.500. The Hall–Kier alpha value is 0.670. The van der Waals surface area contributed by atoms with E-state index in [1.807, 2.05) is 31.2 Å². The Bertz CT molecular complexity index is 468. The lowest BCUT2D eigenvalue weighted by atomic mass is 9.95. The number of hydrogen-bond acceptors (Lipinski definition) is 3. The molecule has 24 heavy (non-hydrogen) atoms. The van der Waals surface area contributed by atoms with E-state index in [-0.39, 0.29) is 25.6 Å². The van der Waals surface area contributed by atoms with Gasteiger partial charge in [0.05, 0.1) is 13.2 Å². The fourth-order valence-electron chi connectivity index (χ4n) is 2.13. The SMILES string of the molecule is CC/C=C(\C)[C@@H](Nc1ccc(OC)cc1)[C@@H](C)CO.PPP(P)P. The van der Waals surface area contributed by atoms with E-state index in [1.165, 1.54) is 5.57 Å². The number of rotatable bonds is 8. The molecule has 0 aliphatic rings. The third-order valence-electron chi connectivity index (χ3n) is 3.43. The number of methoxy groups -OCH3 is 1. The number of ether oxygens (including phenoxy) is 1. The lowest BCUT2D eigenvalue weighted by Crippen LogP contribution is -2.30. The summed E-state index contributed by atoms with van der Waals surface area (Å²) in [5.74, 6) is 1.02. The van der Waals surface area contributed by atoms with Crippen LogP contribution in [-0.2, 0) is 0 Å². The highest BCUT2D eigenvalue weighted by molar-refractivity contribution is 8.77. The summed E-state index contributed by atoms with van der Waals surface area (Å²) >= 11 is 0. The lowest BCUT2D eigenvalue weighted by Gasteiger charge is -2.26. The molecule has 1 aromatic rings. The largest absolute Gasteiger partial charge is 0.497 e. The Morgan fingerprint density at radius 2 is 1.92 bits per heavy atom. The molecule has 0 aliphatic heterocycles. The molecule has 2 N–H and O–H groups in total. The van der Waals surface area contributed by atoms with Gasteiger partial charge in [-0.25, -0.2) is 0 Å². The predicted molar refractivity (Wildman–Crippen MR) is 125 cm³/mol. The Kier molecular flexibility index (Phi) is 15.2. The Labute approximate surface area is 157 Å². The molecule has 0 amide bonds. The van der Waals surface area contributed by atoms with E-state index in [1.54, 1.807) is 7.11 Å². The van der Waals surface area contributed by atoms with E-state index >= 15 is 0 Å². The van der Waals surface area contributed by atoms with Crippen molar-refractivity contribution in [1.29, 1.82) is 0 Å². The second-order valence-electron chi connectivity index (χ2n) is 5.40. The molecular weight excluding hydrogens is 393 g/mol. The third-order valence-corrected chi connectivity index (χ3v) is 15.4. The van der Waals surface area contributed by atoms with Crippen LogP contribution in [0.15, 0.2) is 35.9 Å². The van der Waals surface area contributed by atoms with Crippen LogP contribution in [0.3, 0.4) is 0 Å². The van der Waals surface area contributed by atoms with Gasteiger partial charge in [0, 0.05) is 18.2 Å². The Morgan fingerprint density at radius 3 is 2.29 bits per heavy atom. The highest BCUT2D eigenvalue weighted by Crippen LogP contribution is 2.71. The van der Waals surface area contributed by atoms with Gasteiger partial charge in [-0.2, -0.15) is 0 Å². The molecule has 4 unspecified atom stereocenters. The van der Waals surface area contributed by atoms with Crippen LogP contribution in [0.5, 0.6) is 5.75 Å². The highest BCUT2D eigenvalue weighted by Gasteiger charge is 2.17. The molecule has 0 aromatic heterocycles. The van der Waals surface area contributed by atoms with Crippen molar-refractivity contribution in [3.8, 4) is 5.75 Å². The van der Waals surface area contributed by atoms with Gasteiger partial charge in [-0.15, -0.1) is 26.8 Å². The van der Waals surface area contributed by atoms with Crippen molar-refractivity contribution < 1.29 is 9.84 Å². The van der Waals surface area contributed by atoms with Gasteiger partial charge in [-0.05, 0) is 44.6 Å². The zero-order valence-electron chi connectivity index (χ0n) is 15.0. The first kappa shape index (κ1) is 24.7. The van der Waals surface area contributed by atoms with E-state index in [9.17, 15) is 5.11 Å². The smallest absolute Gasteiger partial charge is 0.119 e. The molecular formula is C16H32NO2P5. The molecule has 0 saturated carbocycles. The van der Waals surface area contributed by atoms with Gasteiger partial charge in [0.1, 0.15) is 5.75 Å². The summed E-state index contributed by atoms with van der Waals surface area (Å²) in [6, 6.07) is 8.01. The van der Waals surface area contributed by atoms with Crippen molar-refractivity contribution in [3.63, 3.8) is 0 Å². The van der Waals surface area contributed by atoms with Gasteiger partial charge < -0.3 is 15.2 Å². The highest BCUT2D eigenvalue weighted by atomic mass is 32.8. The van der Waals surface area contributed by atoms with Gasteiger partial charge in [-0.1, -0.05) is 33.5 Å². The van der Waals surface area contributed by atoms with E-state index in [0.717, 1.165) is 25.8 Å². The first-order chi connectivity index (χ1) is 11.4. The molecule has 1 aromatic carbocycles.